The van der Waals surface area contributed by atoms with Gasteiger partial charge in [-0.1, -0.05) is 84.9 Å². The maximum Gasteiger partial charge on any atom is 0.175 e. The average Bonchev–Trinajstić information content (AvgIpc) is 3.53. The molecular formula is C37H31BrN2O2. The van der Waals surface area contributed by atoms with Gasteiger partial charge in [0.1, 0.15) is 6.61 Å². The first-order valence-corrected chi connectivity index (χ1v) is 15.1. The summed E-state index contributed by atoms with van der Waals surface area (Å²) in [6.07, 6.45) is 7.66. The quantitative estimate of drug-likeness (QED) is 0.146. The number of fused-ring (bicyclic) bond motifs is 4. The van der Waals surface area contributed by atoms with E-state index in [4.69, 9.17) is 14.5 Å². The van der Waals surface area contributed by atoms with Crippen molar-refractivity contribution in [2.75, 3.05) is 12.4 Å². The second-order valence-electron chi connectivity index (χ2n) is 10.9. The molecule has 0 unspecified atom stereocenters. The zero-order valence-corrected chi connectivity index (χ0v) is 24.9. The summed E-state index contributed by atoms with van der Waals surface area (Å²) in [5.74, 6) is 2.33. The van der Waals surface area contributed by atoms with E-state index in [-0.39, 0.29) is 6.04 Å². The van der Waals surface area contributed by atoms with E-state index in [9.17, 15) is 0 Å². The molecule has 1 aliphatic carbocycles. The van der Waals surface area contributed by atoms with Crippen molar-refractivity contribution in [2.45, 2.75) is 25.0 Å². The molecule has 0 saturated carbocycles. The van der Waals surface area contributed by atoms with Gasteiger partial charge >= 0.3 is 0 Å². The van der Waals surface area contributed by atoms with E-state index in [2.05, 4.69) is 124 Å². The number of anilines is 1. The molecule has 7 rings (SSSR count). The fourth-order valence-electron chi connectivity index (χ4n) is 6.31. The number of halogens is 1. The smallest absolute Gasteiger partial charge is 0.175 e. The van der Waals surface area contributed by atoms with Gasteiger partial charge in [-0.3, -0.25) is 4.99 Å². The van der Waals surface area contributed by atoms with Crippen molar-refractivity contribution >= 4 is 44.3 Å². The molecule has 208 valence electrons. The van der Waals surface area contributed by atoms with E-state index in [0.29, 0.717) is 29.9 Å². The summed E-state index contributed by atoms with van der Waals surface area (Å²) in [4.78, 5) is 4.76. The van der Waals surface area contributed by atoms with Crippen molar-refractivity contribution in [1.29, 1.82) is 0 Å². The fourth-order valence-corrected chi connectivity index (χ4v) is 6.89. The second-order valence-corrected chi connectivity index (χ2v) is 11.7. The van der Waals surface area contributed by atoms with E-state index < -0.39 is 0 Å². The molecule has 1 N–H and O–H groups in total. The minimum absolute atomic E-state index is 0.277. The number of methoxy groups -OCH3 is 1. The van der Waals surface area contributed by atoms with Crippen LogP contribution in [-0.4, -0.2) is 13.3 Å². The normalized spacial score (nSPS) is 19.0. The maximum absolute atomic E-state index is 6.27. The first kappa shape index (κ1) is 26.5. The highest BCUT2D eigenvalue weighted by Gasteiger charge is 2.37. The lowest BCUT2D eigenvalue weighted by atomic mass is 9.77. The van der Waals surface area contributed by atoms with Crippen LogP contribution in [0.5, 0.6) is 11.5 Å². The third-order valence-corrected chi connectivity index (χ3v) is 8.98. The lowest BCUT2D eigenvalue weighted by Gasteiger charge is -2.37. The van der Waals surface area contributed by atoms with Crippen molar-refractivity contribution < 1.29 is 9.47 Å². The summed E-state index contributed by atoms with van der Waals surface area (Å²) in [7, 11) is 1.66. The molecule has 0 spiro atoms. The van der Waals surface area contributed by atoms with E-state index in [1.807, 2.05) is 18.3 Å². The largest absolute Gasteiger partial charge is 0.493 e. The zero-order chi connectivity index (χ0) is 28.5. The standard InChI is InChI=1S/C37H31BrN2O2/c1-41-35-21-24(20-33(38)37(35)42-23-27-10-6-9-25-8-2-3-11-29(25)27)22-39-28-18-16-26(17-19-28)36-32-14-7-13-30(32)31-12-4-5-15-34(31)40-36/h2-13,15-22,30,32,36,40H,14,23H2,1H3/t30-,32-,36+/m1/s1. The van der Waals surface area contributed by atoms with Gasteiger partial charge in [-0.05, 0) is 91.6 Å². The van der Waals surface area contributed by atoms with Crippen LogP contribution in [0.2, 0.25) is 0 Å². The van der Waals surface area contributed by atoms with Crippen LogP contribution in [-0.2, 0) is 6.61 Å². The van der Waals surface area contributed by atoms with Gasteiger partial charge in [0.2, 0.25) is 0 Å². The molecule has 42 heavy (non-hydrogen) atoms. The monoisotopic (exact) mass is 614 g/mol. The molecule has 3 atom stereocenters. The highest BCUT2D eigenvalue weighted by molar-refractivity contribution is 9.10. The van der Waals surface area contributed by atoms with Crippen LogP contribution in [0.1, 0.15) is 40.6 Å². The van der Waals surface area contributed by atoms with E-state index in [0.717, 1.165) is 27.7 Å². The summed E-state index contributed by atoms with van der Waals surface area (Å²) in [5.41, 5.74) is 6.89. The molecule has 4 nitrogen and oxygen atoms in total. The van der Waals surface area contributed by atoms with Crippen molar-refractivity contribution in [1.82, 2.24) is 0 Å². The minimum Gasteiger partial charge on any atom is -0.493 e. The van der Waals surface area contributed by atoms with Crippen molar-refractivity contribution in [2.24, 2.45) is 10.9 Å². The summed E-state index contributed by atoms with van der Waals surface area (Å²) in [6, 6.07) is 36.2. The molecule has 0 fully saturated rings. The molecule has 0 radical (unpaired) electrons. The van der Waals surface area contributed by atoms with Crippen LogP contribution in [0.4, 0.5) is 11.4 Å². The number of nitrogens with zero attached hydrogens (tertiary/aromatic N) is 1. The molecule has 0 aromatic heterocycles. The third kappa shape index (κ3) is 5.10. The topological polar surface area (TPSA) is 42.8 Å². The number of ether oxygens (including phenoxy) is 2. The van der Waals surface area contributed by atoms with Gasteiger partial charge < -0.3 is 14.8 Å². The van der Waals surface area contributed by atoms with Gasteiger partial charge in [-0.25, -0.2) is 0 Å². The van der Waals surface area contributed by atoms with Gasteiger partial charge in [0.15, 0.2) is 11.5 Å². The molecule has 5 aromatic rings. The molecular weight excluding hydrogens is 584 g/mol. The first-order valence-electron chi connectivity index (χ1n) is 14.3. The average molecular weight is 616 g/mol. The van der Waals surface area contributed by atoms with Gasteiger partial charge in [0, 0.05) is 17.8 Å². The van der Waals surface area contributed by atoms with Crippen molar-refractivity contribution in [3.8, 4) is 11.5 Å². The van der Waals surface area contributed by atoms with Crippen LogP contribution < -0.4 is 14.8 Å². The van der Waals surface area contributed by atoms with Crippen LogP contribution >= 0.6 is 15.9 Å². The Balaban J connectivity index is 1.07. The third-order valence-electron chi connectivity index (χ3n) is 8.39. The van der Waals surface area contributed by atoms with Crippen LogP contribution in [0.15, 0.2) is 125 Å². The molecule has 2 aliphatic rings. The summed E-state index contributed by atoms with van der Waals surface area (Å²) < 4.78 is 12.8. The Kier molecular flexibility index (Phi) is 7.27. The number of benzene rings is 5. The van der Waals surface area contributed by atoms with Gasteiger partial charge in [0.05, 0.1) is 23.3 Å². The number of aliphatic imine (C=N–C) groups is 1. The lowest BCUT2D eigenvalue weighted by Crippen LogP contribution is -2.28. The van der Waals surface area contributed by atoms with Crippen LogP contribution in [0.3, 0.4) is 0 Å². The molecule has 0 saturated heterocycles. The van der Waals surface area contributed by atoms with Crippen molar-refractivity contribution in [3.05, 3.63) is 142 Å². The van der Waals surface area contributed by atoms with Gasteiger partial charge in [-0.15, -0.1) is 0 Å². The predicted molar refractivity (Wildman–Crippen MR) is 175 cm³/mol. The Bertz CT molecular complexity index is 1810. The van der Waals surface area contributed by atoms with Crippen LogP contribution in [0.25, 0.3) is 10.8 Å². The Morgan fingerprint density at radius 3 is 2.62 bits per heavy atom. The highest BCUT2D eigenvalue weighted by Crippen LogP contribution is 2.49. The fraction of sp³-hybridized carbons (Fsp3) is 0.162. The zero-order valence-electron chi connectivity index (χ0n) is 23.3. The molecule has 5 heteroatoms. The van der Waals surface area contributed by atoms with Gasteiger partial charge in [0.25, 0.3) is 0 Å². The molecule has 5 aromatic carbocycles. The number of allylic oxidation sites excluding steroid dienone is 2. The van der Waals surface area contributed by atoms with E-state index in [1.54, 1.807) is 7.11 Å². The summed E-state index contributed by atoms with van der Waals surface area (Å²) >= 11 is 3.70. The Morgan fingerprint density at radius 2 is 1.74 bits per heavy atom. The first-order chi connectivity index (χ1) is 20.7. The number of rotatable bonds is 7. The van der Waals surface area contributed by atoms with E-state index >= 15 is 0 Å². The number of nitrogens with one attached hydrogen (secondary N) is 1. The summed E-state index contributed by atoms with van der Waals surface area (Å²) in [5, 5.41) is 6.19. The van der Waals surface area contributed by atoms with E-state index in [1.165, 1.54) is 27.6 Å². The number of hydrogen-bond acceptors (Lipinski definition) is 4. The summed E-state index contributed by atoms with van der Waals surface area (Å²) in [6.45, 7) is 0.440. The second kappa shape index (κ2) is 11.5. The Labute approximate surface area is 254 Å². The molecule has 1 aliphatic heterocycles. The Hall–Kier alpha value is -4.35. The number of para-hydroxylation sites is 1. The lowest BCUT2D eigenvalue weighted by molar-refractivity contribution is 0.283. The molecule has 0 bridgehead atoms. The number of hydrogen-bond donors (Lipinski definition) is 1. The SMILES string of the molecule is COc1cc(C=Nc2ccc([C@@H]3Nc4ccccc4[C@H]4C=CC[C@H]43)cc2)cc(Br)c1OCc1cccc2ccccc12. The van der Waals surface area contributed by atoms with Crippen LogP contribution in [0, 0.1) is 5.92 Å². The Morgan fingerprint density at radius 1 is 0.929 bits per heavy atom. The minimum atomic E-state index is 0.277. The predicted octanol–water partition coefficient (Wildman–Crippen LogP) is 9.77. The molecule has 1 heterocycles. The maximum atomic E-state index is 6.27. The van der Waals surface area contributed by atoms with Crippen molar-refractivity contribution in [3.63, 3.8) is 0 Å². The molecule has 0 amide bonds. The highest BCUT2D eigenvalue weighted by atomic mass is 79.9. The van der Waals surface area contributed by atoms with Gasteiger partial charge in [-0.2, -0.15) is 0 Å².